The monoisotopic (exact) mass is 393 g/mol. The Morgan fingerprint density at radius 2 is 1.59 bits per heavy atom. The molecule has 0 aromatic heterocycles. The molecular formula is C23H27N3O3. The van der Waals surface area contributed by atoms with Gasteiger partial charge in [-0.2, -0.15) is 0 Å². The molecule has 1 aliphatic heterocycles. The molecule has 0 bridgehead atoms. The first-order chi connectivity index (χ1) is 14.0. The summed E-state index contributed by atoms with van der Waals surface area (Å²) in [7, 11) is 0. The van der Waals surface area contributed by atoms with Gasteiger partial charge in [-0.15, -0.1) is 0 Å². The Labute approximate surface area is 171 Å². The van der Waals surface area contributed by atoms with Crippen molar-refractivity contribution >= 4 is 17.7 Å². The van der Waals surface area contributed by atoms with Crippen LogP contribution in [0.3, 0.4) is 0 Å². The van der Waals surface area contributed by atoms with Gasteiger partial charge in [-0.05, 0) is 37.5 Å². The molecule has 1 aliphatic rings. The molecule has 1 heterocycles. The van der Waals surface area contributed by atoms with Crippen molar-refractivity contribution in [3.05, 3.63) is 71.3 Å². The number of amides is 3. The van der Waals surface area contributed by atoms with Gasteiger partial charge in [-0.25, -0.2) is 0 Å². The average Bonchev–Trinajstić information content (AvgIpc) is 2.77. The third kappa shape index (κ3) is 5.91. The van der Waals surface area contributed by atoms with Crippen molar-refractivity contribution in [1.29, 1.82) is 0 Å². The zero-order chi connectivity index (χ0) is 20.6. The second-order valence-corrected chi connectivity index (χ2v) is 7.41. The summed E-state index contributed by atoms with van der Waals surface area (Å²) in [6.07, 6.45) is 1.27. The van der Waals surface area contributed by atoms with Crippen molar-refractivity contribution in [3.63, 3.8) is 0 Å². The van der Waals surface area contributed by atoms with Crippen LogP contribution in [0.5, 0.6) is 0 Å². The van der Waals surface area contributed by atoms with E-state index in [9.17, 15) is 14.4 Å². The van der Waals surface area contributed by atoms with Gasteiger partial charge in [0.1, 0.15) is 0 Å². The lowest BCUT2D eigenvalue weighted by molar-refractivity contribution is -0.134. The molecule has 6 heteroatoms. The van der Waals surface area contributed by atoms with E-state index in [0.717, 1.165) is 11.1 Å². The maximum Gasteiger partial charge on any atom is 0.251 e. The van der Waals surface area contributed by atoms with Crippen LogP contribution in [0.15, 0.2) is 54.6 Å². The highest BCUT2D eigenvalue weighted by Crippen LogP contribution is 2.17. The number of hydrogen-bond acceptors (Lipinski definition) is 3. The summed E-state index contributed by atoms with van der Waals surface area (Å²) in [5, 5.41) is 5.65. The smallest absolute Gasteiger partial charge is 0.251 e. The van der Waals surface area contributed by atoms with Gasteiger partial charge in [0.15, 0.2) is 0 Å². The van der Waals surface area contributed by atoms with Crippen LogP contribution in [0.4, 0.5) is 0 Å². The Balaban J connectivity index is 1.39. The van der Waals surface area contributed by atoms with Crippen LogP contribution in [-0.2, 0) is 16.1 Å². The normalized spacial score (nSPS) is 14.3. The molecular weight excluding hydrogens is 366 g/mol. The standard InChI is InChI=1S/C23H27N3O3/c1-17-7-9-19(10-8-17)22(28)25-16-21(27)26-13-11-20(12-14-26)23(29)24-15-18-5-3-2-4-6-18/h2-10,20H,11-16H2,1H3,(H,24,29)(H,25,28). The van der Waals surface area contributed by atoms with Gasteiger partial charge in [0.2, 0.25) is 11.8 Å². The molecule has 1 saturated heterocycles. The van der Waals surface area contributed by atoms with Gasteiger partial charge in [0.25, 0.3) is 5.91 Å². The molecule has 0 atom stereocenters. The van der Waals surface area contributed by atoms with Crippen molar-refractivity contribution in [3.8, 4) is 0 Å². The molecule has 1 fully saturated rings. The molecule has 0 aliphatic carbocycles. The van der Waals surface area contributed by atoms with E-state index in [1.165, 1.54) is 0 Å². The lowest BCUT2D eigenvalue weighted by Crippen LogP contribution is -2.46. The summed E-state index contributed by atoms with van der Waals surface area (Å²) >= 11 is 0. The number of nitrogens with one attached hydrogen (secondary N) is 2. The van der Waals surface area contributed by atoms with Crippen molar-refractivity contribution in [1.82, 2.24) is 15.5 Å². The number of hydrogen-bond donors (Lipinski definition) is 2. The van der Waals surface area contributed by atoms with E-state index in [4.69, 9.17) is 0 Å². The van der Waals surface area contributed by atoms with Crippen LogP contribution >= 0.6 is 0 Å². The maximum atomic E-state index is 12.4. The van der Waals surface area contributed by atoms with Crippen LogP contribution in [0, 0.1) is 12.8 Å². The minimum absolute atomic E-state index is 0.0302. The van der Waals surface area contributed by atoms with E-state index in [-0.39, 0.29) is 30.2 Å². The Morgan fingerprint density at radius 1 is 0.931 bits per heavy atom. The number of aryl methyl sites for hydroxylation is 1. The van der Waals surface area contributed by atoms with E-state index >= 15 is 0 Å². The third-order valence-corrected chi connectivity index (χ3v) is 5.24. The van der Waals surface area contributed by atoms with Gasteiger partial charge in [0.05, 0.1) is 6.54 Å². The highest BCUT2D eigenvalue weighted by Gasteiger charge is 2.27. The number of likely N-dealkylation sites (tertiary alicyclic amines) is 1. The summed E-state index contributed by atoms with van der Waals surface area (Å²) in [5.74, 6) is -0.416. The lowest BCUT2D eigenvalue weighted by Gasteiger charge is -2.31. The number of benzene rings is 2. The Bertz CT molecular complexity index is 841. The molecule has 3 rings (SSSR count). The molecule has 0 spiro atoms. The minimum atomic E-state index is -0.256. The summed E-state index contributed by atoms with van der Waals surface area (Å²) < 4.78 is 0. The molecule has 3 amide bonds. The predicted molar refractivity (Wildman–Crippen MR) is 111 cm³/mol. The van der Waals surface area contributed by atoms with Crippen LogP contribution in [0.25, 0.3) is 0 Å². The van der Waals surface area contributed by atoms with Crippen LogP contribution in [0.1, 0.15) is 34.3 Å². The first kappa shape index (κ1) is 20.6. The number of piperidine rings is 1. The van der Waals surface area contributed by atoms with Gasteiger partial charge in [-0.1, -0.05) is 48.0 Å². The summed E-state index contributed by atoms with van der Waals surface area (Å²) in [5.41, 5.74) is 2.68. The second kappa shape index (κ2) is 9.87. The van der Waals surface area contributed by atoms with E-state index < -0.39 is 0 Å². The highest BCUT2D eigenvalue weighted by atomic mass is 16.2. The second-order valence-electron chi connectivity index (χ2n) is 7.41. The van der Waals surface area contributed by atoms with Crippen molar-refractivity contribution < 1.29 is 14.4 Å². The van der Waals surface area contributed by atoms with E-state index in [1.807, 2.05) is 49.4 Å². The van der Waals surface area contributed by atoms with Gasteiger partial charge < -0.3 is 15.5 Å². The quantitative estimate of drug-likeness (QED) is 0.790. The molecule has 2 aromatic rings. The Morgan fingerprint density at radius 3 is 2.24 bits per heavy atom. The molecule has 152 valence electrons. The first-order valence-corrected chi connectivity index (χ1v) is 9.97. The Hall–Kier alpha value is -3.15. The van der Waals surface area contributed by atoms with Crippen molar-refractivity contribution in [2.24, 2.45) is 5.92 Å². The predicted octanol–water partition coefficient (Wildman–Crippen LogP) is 2.28. The maximum absolute atomic E-state index is 12.4. The third-order valence-electron chi connectivity index (χ3n) is 5.24. The Kier molecular flexibility index (Phi) is 7.00. The van der Waals surface area contributed by atoms with Crippen molar-refractivity contribution in [2.45, 2.75) is 26.3 Å². The van der Waals surface area contributed by atoms with Crippen LogP contribution < -0.4 is 10.6 Å². The first-order valence-electron chi connectivity index (χ1n) is 9.97. The fourth-order valence-corrected chi connectivity index (χ4v) is 3.40. The van der Waals surface area contributed by atoms with Gasteiger partial charge in [-0.3, -0.25) is 14.4 Å². The lowest BCUT2D eigenvalue weighted by atomic mass is 9.95. The average molecular weight is 393 g/mol. The summed E-state index contributed by atoms with van der Waals surface area (Å²) in [4.78, 5) is 38.6. The fraction of sp³-hybridized carbons (Fsp3) is 0.348. The number of rotatable bonds is 6. The largest absolute Gasteiger partial charge is 0.352 e. The molecule has 6 nitrogen and oxygen atoms in total. The van der Waals surface area contributed by atoms with Gasteiger partial charge in [0, 0.05) is 31.1 Å². The van der Waals surface area contributed by atoms with E-state index in [2.05, 4.69) is 10.6 Å². The summed E-state index contributed by atoms with van der Waals surface area (Å²) in [6.45, 7) is 3.50. The minimum Gasteiger partial charge on any atom is -0.352 e. The van der Waals surface area contributed by atoms with Crippen LogP contribution in [0.2, 0.25) is 0 Å². The zero-order valence-electron chi connectivity index (χ0n) is 16.7. The topological polar surface area (TPSA) is 78.5 Å². The molecule has 29 heavy (non-hydrogen) atoms. The number of carbonyl (C=O) groups excluding carboxylic acids is 3. The van der Waals surface area contributed by atoms with Crippen LogP contribution in [-0.4, -0.2) is 42.3 Å². The molecule has 0 unspecified atom stereocenters. The highest BCUT2D eigenvalue weighted by molar-refractivity contribution is 5.96. The summed E-state index contributed by atoms with van der Waals surface area (Å²) in [6, 6.07) is 17.0. The number of nitrogens with zero attached hydrogens (tertiary/aromatic N) is 1. The number of carbonyl (C=O) groups is 3. The zero-order valence-corrected chi connectivity index (χ0v) is 16.7. The molecule has 0 saturated carbocycles. The van der Waals surface area contributed by atoms with Crippen molar-refractivity contribution in [2.75, 3.05) is 19.6 Å². The molecule has 2 aromatic carbocycles. The van der Waals surface area contributed by atoms with E-state index in [1.54, 1.807) is 17.0 Å². The SMILES string of the molecule is Cc1ccc(C(=O)NCC(=O)N2CCC(C(=O)NCc3ccccc3)CC2)cc1. The van der Waals surface area contributed by atoms with E-state index in [0.29, 0.717) is 38.0 Å². The van der Waals surface area contributed by atoms with Gasteiger partial charge >= 0.3 is 0 Å². The fourth-order valence-electron chi connectivity index (χ4n) is 3.40. The molecule has 0 radical (unpaired) electrons. The molecule has 2 N–H and O–H groups in total.